The number of benzene rings is 4. The van der Waals surface area contributed by atoms with E-state index in [4.69, 9.17) is 11.6 Å². The highest BCUT2D eigenvalue weighted by molar-refractivity contribution is 8.01. The molecule has 1 heterocycles. The summed E-state index contributed by atoms with van der Waals surface area (Å²) >= 11 is 7.61. The predicted molar refractivity (Wildman–Crippen MR) is 180 cm³/mol. The summed E-state index contributed by atoms with van der Waals surface area (Å²) in [7, 11) is 0. The van der Waals surface area contributed by atoms with Crippen LogP contribution in [0.3, 0.4) is 0 Å². The fourth-order valence-corrected chi connectivity index (χ4v) is 5.65. The molecule has 0 saturated heterocycles. The minimum absolute atomic E-state index is 0.0937. The molecular formula is C35H31ClN4O3S. The van der Waals surface area contributed by atoms with Crippen molar-refractivity contribution in [2.24, 2.45) is 0 Å². The molecule has 0 fully saturated rings. The molecular weight excluding hydrogens is 592 g/mol. The first-order chi connectivity index (χ1) is 21.1. The lowest BCUT2D eigenvalue weighted by atomic mass is 10.1. The number of rotatable bonds is 9. The van der Waals surface area contributed by atoms with E-state index in [9.17, 15) is 14.4 Å². The first-order valence-corrected chi connectivity index (χ1v) is 15.1. The number of hydrogen-bond acceptors (Lipinski definition) is 4. The van der Waals surface area contributed by atoms with E-state index in [1.807, 2.05) is 69.3 Å². The molecule has 0 aliphatic heterocycles. The Labute approximate surface area is 265 Å². The molecule has 1 aromatic heterocycles. The third-order valence-electron chi connectivity index (χ3n) is 7.00. The lowest BCUT2D eigenvalue weighted by Gasteiger charge is -2.24. The van der Waals surface area contributed by atoms with Crippen molar-refractivity contribution in [1.29, 1.82) is 0 Å². The smallest absolute Gasteiger partial charge is 0.272 e. The number of H-pyrrole nitrogens is 1. The highest BCUT2D eigenvalue weighted by Gasteiger charge is 2.29. The lowest BCUT2D eigenvalue weighted by molar-refractivity contribution is -0.117. The summed E-state index contributed by atoms with van der Waals surface area (Å²) in [6.45, 7) is 5.55. The van der Waals surface area contributed by atoms with Crippen molar-refractivity contribution in [1.82, 2.24) is 10.3 Å². The zero-order valence-corrected chi connectivity index (χ0v) is 26.0. The number of nitrogens with one attached hydrogen (secondary N) is 4. The van der Waals surface area contributed by atoms with Crippen molar-refractivity contribution in [2.75, 3.05) is 10.6 Å². The van der Waals surface area contributed by atoms with Crippen molar-refractivity contribution < 1.29 is 14.4 Å². The number of fused-ring (bicyclic) bond motifs is 1. The van der Waals surface area contributed by atoms with Crippen LogP contribution >= 0.6 is 23.4 Å². The van der Waals surface area contributed by atoms with Gasteiger partial charge in [0, 0.05) is 49.5 Å². The molecule has 9 heteroatoms. The van der Waals surface area contributed by atoms with Crippen molar-refractivity contribution in [3.05, 3.63) is 131 Å². The Balaban J connectivity index is 1.31. The predicted octanol–water partition coefficient (Wildman–Crippen LogP) is 8.05. The molecule has 5 rings (SSSR count). The number of halogens is 1. The minimum atomic E-state index is -0.795. The quantitative estimate of drug-likeness (QED) is 0.0986. The van der Waals surface area contributed by atoms with Gasteiger partial charge in [-0.2, -0.15) is 0 Å². The largest absolute Gasteiger partial charge is 0.361 e. The van der Waals surface area contributed by atoms with Gasteiger partial charge in [0.25, 0.3) is 11.8 Å². The van der Waals surface area contributed by atoms with Crippen molar-refractivity contribution >= 4 is 69.4 Å². The van der Waals surface area contributed by atoms with Gasteiger partial charge in [-0.05, 0) is 87.0 Å². The van der Waals surface area contributed by atoms with Gasteiger partial charge in [-0.3, -0.25) is 14.4 Å². The van der Waals surface area contributed by atoms with Crippen LogP contribution in [-0.4, -0.2) is 27.5 Å². The molecule has 4 N–H and O–H groups in total. The van der Waals surface area contributed by atoms with E-state index in [1.165, 1.54) is 11.8 Å². The van der Waals surface area contributed by atoms with Gasteiger partial charge in [-0.15, -0.1) is 11.8 Å². The number of para-hydroxylation sites is 1. The zero-order valence-electron chi connectivity index (χ0n) is 24.4. The van der Waals surface area contributed by atoms with Crippen LogP contribution in [0, 0.1) is 6.92 Å². The summed E-state index contributed by atoms with van der Waals surface area (Å²) < 4.78 is -0.795. The Morgan fingerprint density at radius 1 is 0.841 bits per heavy atom. The molecule has 7 nitrogen and oxygen atoms in total. The standard InChI is InChI=1S/C35H31ClN4O3S/c1-22-28(36)13-9-15-29(22)40-34(43)35(2,3)44-26-18-16-25(17-19-26)38-33(42)31(39-32(41)23-10-5-4-6-11-23)20-24-21-37-30-14-8-7-12-27(24)30/h4-21,37H,1-3H3,(H,38,42)(H,39,41)(H,40,43)/b31-20-. The average molecular weight is 623 g/mol. The lowest BCUT2D eigenvalue weighted by Crippen LogP contribution is -2.34. The number of carbonyl (C=O) groups is 3. The van der Waals surface area contributed by atoms with E-state index in [1.54, 1.807) is 60.8 Å². The van der Waals surface area contributed by atoms with E-state index in [0.717, 1.165) is 26.9 Å². The summed E-state index contributed by atoms with van der Waals surface area (Å²) in [4.78, 5) is 43.7. The van der Waals surface area contributed by atoms with Crippen LogP contribution < -0.4 is 16.0 Å². The highest BCUT2D eigenvalue weighted by atomic mass is 35.5. The maximum absolute atomic E-state index is 13.5. The topological polar surface area (TPSA) is 103 Å². The number of amides is 3. The number of aromatic amines is 1. The Morgan fingerprint density at radius 2 is 1.55 bits per heavy atom. The van der Waals surface area contributed by atoms with Gasteiger partial charge in [0.2, 0.25) is 5.91 Å². The number of thioether (sulfide) groups is 1. The summed E-state index contributed by atoms with van der Waals surface area (Å²) in [5, 5.41) is 10.1. The van der Waals surface area contributed by atoms with Crippen LogP contribution in [0.5, 0.6) is 0 Å². The Morgan fingerprint density at radius 3 is 2.30 bits per heavy atom. The first kappa shape index (κ1) is 30.7. The van der Waals surface area contributed by atoms with Crippen LogP contribution in [0.25, 0.3) is 17.0 Å². The maximum atomic E-state index is 13.5. The molecule has 5 aromatic rings. The monoisotopic (exact) mass is 622 g/mol. The molecule has 222 valence electrons. The fourth-order valence-electron chi connectivity index (χ4n) is 4.47. The zero-order chi connectivity index (χ0) is 31.3. The van der Waals surface area contributed by atoms with E-state index < -0.39 is 16.6 Å². The van der Waals surface area contributed by atoms with Gasteiger partial charge in [0.15, 0.2) is 0 Å². The molecule has 3 amide bonds. The van der Waals surface area contributed by atoms with Crippen LogP contribution in [0.15, 0.2) is 114 Å². The van der Waals surface area contributed by atoms with Gasteiger partial charge >= 0.3 is 0 Å². The number of carbonyl (C=O) groups excluding carboxylic acids is 3. The molecule has 0 saturated carbocycles. The third-order valence-corrected chi connectivity index (χ3v) is 8.61. The molecule has 0 bridgehead atoms. The van der Waals surface area contributed by atoms with Crippen LogP contribution in [0.1, 0.15) is 35.3 Å². The van der Waals surface area contributed by atoms with Crippen molar-refractivity contribution in [3.63, 3.8) is 0 Å². The second-order valence-corrected chi connectivity index (χ2v) is 12.7. The molecule has 44 heavy (non-hydrogen) atoms. The third kappa shape index (κ3) is 7.22. The molecule has 0 aliphatic carbocycles. The van der Waals surface area contributed by atoms with E-state index >= 15 is 0 Å². The van der Waals surface area contributed by atoms with E-state index in [-0.39, 0.29) is 11.6 Å². The highest BCUT2D eigenvalue weighted by Crippen LogP contribution is 2.35. The number of aromatic nitrogens is 1. The van der Waals surface area contributed by atoms with Crippen LogP contribution in [-0.2, 0) is 9.59 Å². The van der Waals surface area contributed by atoms with Gasteiger partial charge in [0.1, 0.15) is 5.70 Å². The summed E-state index contributed by atoms with van der Waals surface area (Å²) in [5.74, 6) is -1.03. The molecule has 0 atom stereocenters. The second-order valence-electron chi connectivity index (χ2n) is 10.6. The normalized spacial score (nSPS) is 11.7. The molecule has 4 aromatic carbocycles. The van der Waals surface area contributed by atoms with Gasteiger partial charge < -0.3 is 20.9 Å². The first-order valence-electron chi connectivity index (χ1n) is 13.9. The fraction of sp³-hybridized carbons (Fsp3) is 0.114. The number of hydrogen-bond donors (Lipinski definition) is 4. The Hall–Kier alpha value is -4.79. The van der Waals surface area contributed by atoms with Gasteiger partial charge in [-0.1, -0.05) is 54.1 Å². The Bertz CT molecular complexity index is 1860. The van der Waals surface area contributed by atoms with Crippen LogP contribution in [0.4, 0.5) is 11.4 Å². The van der Waals surface area contributed by atoms with Gasteiger partial charge in [-0.25, -0.2) is 0 Å². The van der Waals surface area contributed by atoms with E-state index in [2.05, 4.69) is 20.9 Å². The van der Waals surface area contributed by atoms with Crippen molar-refractivity contribution in [2.45, 2.75) is 30.4 Å². The van der Waals surface area contributed by atoms with Crippen molar-refractivity contribution in [3.8, 4) is 0 Å². The Kier molecular flexibility index (Phi) is 9.23. The minimum Gasteiger partial charge on any atom is -0.361 e. The average Bonchev–Trinajstić information content (AvgIpc) is 3.43. The summed E-state index contributed by atoms with van der Waals surface area (Å²) in [5.41, 5.74) is 4.22. The summed E-state index contributed by atoms with van der Waals surface area (Å²) in [6, 6.07) is 29.0. The van der Waals surface area contributed by atoms with E-state index in [0.29, 0.717) is 22.0 Å². The molecule has 0 radical (unpaired) electrons. The molecule has 0 unspecified atom stereocenters. The van der Waals surface area contributed by atoms with Crippen LogP contribution in [0.2, 0.25) is 5.02 Å². The maximum Gasteiger partial charge on any atom is 0.272 e. The van der Waals surface area contributed by atoms with Gasteiger partial charge in [0.05, 0.1) is 4.75 Å². The second kappa shape index (κ2) is 13.2. The SMILES string of the molecule is Cc1c(Cl)cccc1NC(=O)C(C)(C)Sc1ccc(NC(=O)/C(=C/c2c[nH]c3ccccc23)NC(=O)c2ccccc2)cc1. The molecule has 0 spiro atoms. The molecule has 0 aliphatic rings. The number of anilines is 2. The summed E-state index contributed by atoms with van der Waals surface area (Å²) in [6.07, 6.45) is 3.45.